The van der Waals surface area contributed by atoms with Crippen molar-refractivity contribution in [1.29, 1.82) is 0 Å². The van der Waals surface area contributed by atoms with E-state index in [1.165, 1.54) is 6.08 Å². The highest BCUT2D eigenvalue weighted by Crippen LogP contribution is 1.79. The topological polar surface area (TPSA) is 90.0 Å². The van der Waals surface area contributed by atoms with Crippen molar-refractivity contribution in [2.75, 3.05) is 0 Å². The van der Waals surface area contributed by atoms with Crippen LogP contribution >= 0.6 is 0 Å². The van der Waals surface area contributed by atoms with E-state index in [0.29, 0.717) is 0 Å². The van der Waals surface area contributed by atoms with Gasteiger partial charge in [0, 0.05) is 12.3 Å². The number of carbonyl (C=O) groups is 1. The summed E-state index contributed by atoms with van der Waals surface area (Å²) >= 11 is 0. The highest BCUT2D eigenvalue weighted by molar-refractivity contribution is 5.82. The zero-order valence-electron chi connectivity index (χ0n) is 7.20. The molecule has 7 nitrogen and oxygen atoms in total. The van der Waals surface area contributed by atoms with Gasteiger partial charge in [0.15, 0.2) is 0 Å². The van der Waals surface area contributed by atoms with E-state index >= 15 is 0 Å². The third-order valence-electron chi connectivity index (χ3n) is 1.32. The molecule has 0 radical (unpaired) electrons. The largest absolute Gasteiger partial charge is 0.478 e. The highest BCUT2D eigenvalue weighted by atomic mass is 16.4. The molecule has 0 atom stereocenters. The molecule has 0 aromatic carbocycles. The molecule has 14 heavy (non-hydrogen) atoms. The molecule has 1 heterocycles. The van der Waals surface area contributed by atoms with E-state index in [2.05, 4.69) is 17.0 Å². The second-order valence-corrected chi connectivity index (χ2v) is 2.33. The number of hydrogen-bond acceptors (Lipinski definition) is 4. The first kappa shape index (κ1) is 9.90. The number of rotatable bonds is 4. The van der Waals surface area contributed by atoms with Crippen LogP contribution in [0.15, 0.2) is 23.5 Å². The normalized spacial score (nSPS) is 10.6. The minimum atomic E-state index is -1.16. The van der Waals surface area contributed by atoms with Gasteiger partial charge in [0.25, 0.3) is 0 Å². The Labute approximate surface area is 78.6 Å². The maximum absolute atomic E-state index is 11.3. The highest BCUT2D eigenvalue weighted by Gasteiger charge is 2.01. The van der Waals surface area contributed by atoms with Gasteiger partial charge in [0.1, 0.15) is 0 Å². The summed E-state index contributed by atoms with van der Waals surface area (Å²) in [6, 6.07) is 0. The smallest absolute Gasteiger partial charge is 0.368 e. The Hall–Kier alpha value is -2.18. The zero-order chi connectivity index (χ0) is 10.6. The molecule has 7 heteroatoms. The van der Waals surface area contributed by atoms with Crippen LogP contribution in [-0.4, -0.2) is 30.9 Å². The lowest BCUT2D eigenvalue weighted by atomic mass is 10.6. The zero-order valence-corrected chi connectivity index (χ0v) is 7.20. The van der Waals surface area contributed by atoms with Crippen molar-refractivity contribution in [3.05, 3.63) is 29.2 Å². The maximum atomic E-state index is 11.3. The van der Waals surface area contributed by atoms with Crippen LogP contribution in [0, 0.1) is 0 Å². The minimum Gasteiger partial charge on any atom is -0.478 e. The number of aromatic nitrogens is 4. The molecular formula is C7H8N4O3. The Morgan fingerprint density at radius 3 is 2.86 bits per heavy atom. The number of aliphatic carboxylic acids is 1. The lowest BCUT2D eigenvalue weighted by molar-refractivity contribution is -0.131. The number of nitrogens with zero attached hydrogens (tertiary/aromatic N) is 4. The van der Waals surface area contributed by atoms with E-state index in [4.69, 9.17) is 5.11 Å². The Bertz CT molecular complexity index is 428. The molecule has 1 aromatic heterocycles. The van der Waals surface area contributed by atoms with Crippen molar-refractivity contribution in [2.45, 2.75) is 6.54 Å². The molecule has 0 fully saturated rings. The summed E-state index contributed by atoms with van der Waals surface area (Å²) in [6.07, 6.45) is 3.31. The average molecular weight is 196 g/mol. The Morgan fingerprint density at radius 1 is 1.57 bits per heavy atom. The van der Waals surface area contributed by atoms with Crippen molar-refractivity contribution in [1.82, 2.24) is 19.8 Å². The van der Waals surface area contributed by atoms with Crippen molar-refractivity contribution >= 4 is 12.2 Å². The fraction of sp³-hybridized carbons (Fsp3) is 0.143. The SMILES string of the molecule is C=CCn1nnn(/C=C/C(=O)O)c1=O. The van der Waals surface area contributed by atoms with E-state index in [-0.39, 0.29) is 6.54 Å². The fourth-order valence-corrected chi connectivity index (χ4v) is 0.751. The minimum absolute atomic E-state index is 0.236. The second-order valence-electron chi connectivity index (χ2n) is 2.33. The Kier molecular flexibility index (Phi) is 2.95. The fourth-order valence-electron chi connectivity index (χ4n) is 0.751. The number of carboxylic acid groups (broad SMARTS) is 1. The van der Waals surface area contributed by atoms with E-state index < -0.39 is 11.7 Å². The molecule has 1 N–H and O–H groups in total. The molecule has 0 saturated carbocycles. The van der Waals surface area contributed by atoms with Crippen LogP contribution in [0.25, 0.3) is 6.20 Å². The van der Waals surface area contributed by atoms with Gasteiger partial charge in [-0.1, -0.05) is 6.08 Å². The summed E-state index contributed by atoms with van der Waals surface area (Å²) in [4.78, 5) is 21.4. The lowest BCUT2D eigenvalue weighted by Crippen LogP contribution is -2.22. The molecule has 1 rings (SSSR count). The maximum Gasteiger partial charge on any atom is 0.368 e. The summed E-state index contributed by atoms with van der Waals surface area (Å²) in [7, 11) is 0. The summed E-state index contributed by atoms with van der Waals surface area (Å²) in [5.74, 6) is -1.16. The molecule has 0 aliphatic carbocycles. The molecule has 0 aliphatic heterocycles. The average Bonchev–Trinajstić information content (AvgIpc) is 2.46. The van der Waals surface area contributed by atoms with Crippen LogP contribution < -0.4 is 5.69 Å². The van der Waals surface area contributed by atoms with Gasteiger partial charge in [-0.25, -0.2) is 9.59 Å². The monoisotopic (exact) mass is 196 g/mol. The van der Waals surface area contributed by atoms with Crippen molar-refractivity contribution in [3.63, 3.8) is 0 Å². The third kappa shape index (κ3) is 2.16. The first-order chi connectivity index (χ1) is 6.65. The molecule has 74 valence electrons. The standard InChI is InChI=1S/C7H8N4O3/c1-2-4-10-7(14)11(9-8-10)5-3-6(12)13/h2-3,5H,1,4H2,(H,12,13)/b5-3+. The molecular weight excluding hydrogens is 188 g/mol. The lowest BCUT2D eigenvalue weighted by Gasteiger charge is -1.87. The first-order valence-corrected chi connectivity index (χ1v) is 3.69. The van der Waals surface area contributed by atoms with Gasteiger partial charge in [-0.2, -0.15) is 9.36 Å². The van der Waals surface area contributed by atoms with Crippen molar-refractivity contribution in [3.8, 4) is 0 Å². The van der Waals surface area contributed by atoms with Crippen LogP contribution in [0.3, 0.4) is 0 Å². The van der Waals surface area contributed by atoms with E-state index in [1.54, 1.807) is 0 Å². The summed E-state index contributed by atoms with van der Waals surface area (Å²) in [5.41, 5.74) is -0.512. The van der Waals surface area contributed by atoms with Crippen LogP contribution in [0.2, 0.25) is 0 Å². The van der Waals surface area contributed by atoms with Gasteiger partial charge in [-0.3, -0.25) is 0 Å². The van der Waals surface area contributed by atoms with Crippen LogP contribution in [0.4, 0.5) is 0 Å². The van der Waals surface area contributed by atoms with E-state index in [1.807, 2.05) is 0 Å². The van der Waals surface area contributed by atoms with Crippen molar-refractivity contribution in [2.24, 2.45) is 0 Å². The van der Waals surface area contributed by atoms with Gasteiger partial charge in [-0.05, 0) is 10.4 Å². The second kappa shape index (κ2) is 4.17. The van der Waals surface area contributed by atoms with Crippen LogP contribution in [0.5, 0.6) is 0 Å². The Morgan fingerprint density at radius 2 is 2.29 bits per heavy atom. The predicted molar refractivity (Wildman–Crippen MR) is 47.4 cm³/mol. The first-order valence-electron chi connectivity index (χ1n) is 3.69. The number of allylic oxidation sites excluding steroid dienone is 1. The Balaban J connectivity index is 2.95. The summed E-state index contributed by atoms with van der Waals surface area (Å²) in [5, 5.41) is 15.2. The molecule has 0 spiro atoms. The third-order valence-corrected chi connectivity index (χ3v) is 1.32. The van der Waals surface area contributed by atoms with Crippen molar-refractivity contribution < 1.29 is 9.90 Å². The van der Waals surface area contributed by atoms with Crippen LogP contribution in [-0.2, 0) is 11.3 Å². The molecule has 0 amide bonds. The summed E-state index contributed by atoms with van der Waals surface area (Å²) < 4.78 is 1.89. The van der Waals surface area contributed by atoms with Gasteiger partial charge >= 0.3 is 11.7 Å². The predicted octanol–water partition coefficient (Wildman–Crippen LogP) is -0.819. The van der Waals surface area contributed by atoms with Gasteiger partial charge < -0.3 is 5.11 Å². The molecule has 0 saturated heterocycles. The number of carboxylic acids is 1. The molecule has 0 unspecified atom stereocenters. The molecule has 0 aliphatic rings. The summed E-state index contributed by atoms with van der Waals surface area (Å²) in [6.45, 7) is 3.67. The van der Waals surface area contributed by atoms with E-state index in [0.717, 1.165) is 21.6 Å². The molecule has 1 aromatic rings. The van der Waals surface area contributed by atoms with Crippen LogP contribution in [0.1, 0.15) is 0 Å². The van der Waals surface area contributed by atoms with Gasteiger partial charge in [-0.15, -0.1) is 6.58 Å². The van der Waals surface area contributed by atoms with Gasteiger partial charge in [0.2, 0.25) is 0 Å². The van der Waals surface area contributed by atoms with E-state index in [9.17, 15) is 9.59 Å². The number of tetrazole rings is 1. The molecule has 0 bridgehead atoms. The van der Waals surface area contributed by atoms with Gasteiger partial charge in [0.05, 0.1) is 6.54 Å². The quantitative estimate of drug-likeness (QED) is 0.502. The number of hydrogen-bond donors (Lipinski definition) is 1.